The first kappa shape index (κ1) is 17.3. The first-order chi connectivity index (χ1) is 9.34. The Bertz CT molecular complexity index is 285. The molecule has 1 fully saturated rings. The van der Waals surface area contributed by atoms with Crippen molar-refractivity contribution in [3.05, 3.63) is 0 Å². The third-order valence-electron chi connectivity index (χ3n) is 3.57. The molecule has 2 unspecified atom stereocenters. The van der Waals surface area contributed by atoms with Gasteiger partial charge in [-0.2, -0.15) is 0 Å². The van der Waals surface area contributed by atoms with Crippen LogP contribution in [0.4, 0.5) is 4.79 Å². The monoisotopic (exact) mass is 284 g/mol. The van der Waals surface area contributed by atoms with Gasteiger partial charge in [-0.15, -0.1) is 0 Å². The number of carbonyl (C=O) groups excluding carboxylic acids is 1. The van der Waals surface area contributed by atoms with E-state index in [9.17, 15) is 4.79 Å². The van der Waals surface area contributed by atoms with Crippen LogP contribution >= 0.6 is 0 Å². The van der Waals surface area contributed by atoms with E-state index in [-0.39, 0.29) is 12.1 Å². The molecule has 1 heterocycles. The van der Waals surface area contributed by atoms with Crippen LogP contribution < -0.4 is 5.32 Å². The molecule has 20 heavy (non-hydrogen) atoms. The third kappa shape index (κ3) is 6.60. The highest BCUT2D eigenvalue weighted by Gasteiger charge is 2.28. The summed E-state index contributed by atoms with van der Waals surface area (Å²) in [5, 5.41) is 3.05. The molecule has 4 nitrogen and oxygen atoms in total. The molecule has 1 rings (SSSR count). The molecule has 0 aromatic rings. The van der Waals surface area contributed by atoms with E-state index in [1.807, 2.05) is 20.8 Å². The Labute approximate surface area is 124 Å². The Morgan fingerprint density at radius 2 is 1.95 bits per heavy atom. The van der Waals surface area contributed by atoms with Gasteiger partial charge in [-0.3, -0.25) is 0 Å². The van der Waals surface area contributed by atoms with Gasteiger partial charge >= 0.3 is 6.09 Å². The predicted molar refractivity (Wildman–Crippen MR) is 82.9 cm³/mol. The van der Waals surface area contributed by atoms with Gasteiger partial charge in [0.25, 0.3) is 0 Å². The smallest absolute Gasteiger partial charge is 0.407 e. The number of nitrogens with one attached hydrogen (secondary N) is 1. The number of hydrogen-bond acceptors (Lipinski definition) is 3. The summed E-state index contributed by atoms with van der Waals surface area (Å²) in [4.78, 5) is 14.4. The van der Waals surface area contributed by atoms with Gasteiger partial charge in [0.05, 0.1) is 0 Å². The number of nitrogens with zero attached hydrogens (tertiary/aromatic N) is 1. The number of alkyl carbamates (subject to hydrolysis) is 1. The van der Waals surface area contributed by atoms with Crippen molar-refractivity contribution < 1.29 is 9.53 Å². The van der Waals surface area contributed by atoms with Gasteiger partial charge in [0, 0.05) is 19.1 Å². The lowest BCUT2D eigenvalue weighted by Gasteiger charge is -2.38. The van der Waals surface area contributed by atoms with Gasteiger partial charge < -0.3 is 15.0 Å². The van der Waals surface area contributed by atoms with Crippen LogP contribution in [0.1, 0.15) is 60.3 Å². The van der Waals surface area contributed by atoms with E-state index in [0.29, 0.717) is 5.92 Å². The fourth-order valence-electron chi connectivity index (χ4n) is 3.00. The minimum atomic E-state index is -0.426. The number of likely N-dealkylation sites (tertiary alicyclic amines) is 1. The lowest BCUT2D eigenvalue weighted by Crippen LogP contribution is -2.51. The largest absolute Gasteiger partial charge is 0.444 e. The van der Waals surface area contributed by atoms with Crippen molar-refractivity contribution in [2.24, 2.45) is 5.92 Å². The van der Waals surface area contributed by atoms with Gasteiger partial charge in [-0.05, 0) is 52.5 Å². The van der Waals surface area contributed by atoms with Gasteiger partial charge in [0.15, 0.2) is 0 Å². The van der Waals surface area contributed by atoms with Crippen molar-refractivity contribution >= 4 is 6.09 Å². The van der Waals surface area contributed by atoms with Crippen LogP contribution in [-0.4, -0.2) is 42.3 Å². The number of hydrogen-bond donors (Lipinski definition) is 1. The molecule has 0 aliphatic carbocycles. The summed E-state index contributed by atoms with van der Waals surface area (Å²) < 4.78 is 5.36. The molecule has 0 spiro atoms. The van der Waals surface area contributed by atoms with Crippen LogP contribution in [0.5, 0.6) is 0 Å². The van der Waals surface area contributed by atoms with Crippen molar-refractivity contribution in [2.75, 3.05) is 19.6 Å². The molecule has 0 radical (unpaired) electrons. The SMILES string of the molecule is CCCC1CC(NC(=O)OC(C)(C)C)CN(CCC)C1. The number of carbonyl (C=O) groups is 1. The average Bonchev–Trinajstić information content (AvgIpc) is 2.26. The van der Waals surface area contributed by atoms with Crippen LogP contribution in [0.15, 0.2) is 0 Å². The Hall–Kier alpha value is -0.770. The van der Waals surface area contributed by atoms with E-state index < -0.39 is 5.60 Å². The normalized spacial score (nSPS) is 24.4. The number of piperidine rings is 1. The molecular weight excluding hydrogens is 252 g/mol. The molecule has 0 bridgehead atoms. The Kier molecular flexibility index (Phi) is 6.80. The van der Waals surface area contributed by atoms with Gasteiger partial charge in [-0.25, -0.2) is 4.79 Å². The Morgan fingerprint density at radius 3 is 2.50 bits per heavy atom. The molecule has 1 amide bonds. The summed E-state index contributed by atoms with van der Waals surface area (Å²) in [6, 6.07) is 0.224. The van der Waals surface area contributed by atoms with E-state index in [1.54, 1.807) is 0 Å². The molecule has 118 valence electrons. The lowest BCUT2D eigenvalue weighted by atomic mass is 9.90. The summed E-state index contributed by atoms with van der Waals surface area (Å²) in [6.07, 6.45) is 4.41. The van der Waals surface area contributed by atoms with Crippen molar-refractivity contribution in [3.63, 3.8) is 0 Å². The molecule has 0 saturated carbocycles. The summed E-state index contributed by atoms with van der Waals surface area (Å²) in [7, 11) is 0. The van der Waals surface area contributed by atoms with E-state index in [4.69, 9.17) is 4.74 Å². The first-order valence-electron chi connectivity index (χ1n) is 8.06. The molecule has 1 saturated heterocycles. The maximum Gasteiger partial charge on any atom is 0.407 e. The molecule has 0 aromatic carbocycles. The molecule has 1 N–H and O–H groups in total. The van der Waals surface area contributed by atoms with Gasteiger partial charge in [0.1, 0.15) is 5.60 Å². The predicted octanol–water partition coefficient (Wildman–Crippen LogP) is 3.41. The minimum Gasteiger partial charge on any atom is -0.444 e. The van der Waals surface area contributed by atoms with E-state index in [0.717, 1.165) is 25.9 Å². The molecule has 0 aromatic heterocycles. The van der Waals surface area contributed by atoms with Crippen molar-refractivity contribution in [1.29, 1.82) is 0 Å². The maximum atomic E-state index is 11.9. The first-order valence-corrected chi connectivity index (χ1v) is 8.06. The zero-order valence-corrected chi connectivity index (χ0v) is 13.9. The summed E-state index contributed by atoms with van der Waals surface area (Å²) >= 11 is 0. The van der Waals surface area contributed by atoms with Gasteiger partial charge in [0.2, 0.25) is 0 Å². The second-order valence-electron chi connectivity index (χ2n) is 6.99. The van der Waals surface area contributed by atoms with Crippen LogP contribution in [0.2, 0.25) is 0 Å². The number of rotatable bonds is 5. The number of amides is 1. The standard InChI is InChI=1S/C16H32N2O2/c1-6-8-13-10-14(12-18(11-13)9-7-2)17-15(19)20-16(3,4)5/h13-14H,6-12H2,1-5H3,(H,17,19). The molecule has 1 aliphatic rings. The van der Waals surface area contributed by atoms with Crippen LogP contribution in [0.3, 0.4) is 0 Å². The number of ether oxygens (including phenoxy) is 1. The summed E-state index contributed by atoms with van der Waals surface area (Å²) in [5.41, 5.74) is -0.426. The summed E-state index contributed by atoms with van der Waals surface area (Å²) in [5.74, 6) is 0.695. The van der Waals surface area contributed by atoms with Crippen molar-refractivity contribution in [2.45, 2.75) is 71.9 Å². The third-order valence-corrected chi connectivity index (χ3v) is 3.57. The van der Waals surface area contributed by atoms with E-state index in [2.05, 4.69) is 24.1 Å². The fourth-order valence-corrected chi connectivity index (χ4v) is 3.00. The Balaban J connectivity index is 2.51. The highest BCUT2D eigenvalue weighted by molar-refractivity contribution is 5.68. The highest BCUT2D eigenvalue weighted by Crippen LogP contribution is 2.22. The average molecular weight is 284 g/mol. The highest BCUT2D eigenvalue weighted by atomic mass is 16.6. The van der Waals surface area contributed by atoms with Crippen LogP contribution in [-0.2, 0) is 4.74 Å². The second kappa shape index (κ2) is 7.87. The maximum absolute atomic E-state index is 11.9. The quantitative estimate of drug-likeness (QED) is 0.841. The van der Waals surface area contributed by atoms with Crippen LogP contribution in [0.25, 0.3) is 0 Å². The second-order valence-corrected chi connectivity index (χ2v) is 6.99. The fraction of sp³-hybridized carbons (Fsp3) is 0.938. The Morgan fingerprint density at radius 1 is 1.25 bits per heavy atom. The lowest BCUT2D eigenvalue weighted by molar-refractivity contribution is 0.0446. The molecule has 4 heteroatoms. The zero-order valence-electron chi connectivity index (χ0n) is 13.9. The molecule has 2 atom stereocenters. The van der Waals surface area contributed by atoms with E-state index in [1.165, 1.54) is 19.4 Å². The van der Waals surface area contributed by atoms with Crippen molar-refractivity contribution in [3.8, 4) is 0 Å². The van der Waals surface area contributed by atoms with Crippen LogP contribution in [0, 0.1) is 5.92 Å². The van der Waals surface area contributed by atoms with Crippen molar-refractivity contribution in [1.82, 2.24) is 10.2 Å². The minimum absolute atomic E-state index is 0.224. The molecular formula is C16H32N2O2. The van der Waals surface area contributed by atoms with E-state index >= 15 is 0 Å². The molecule has 1 aliphatic heterocycles. The zero-order chi connectivity index (χ0) is 15.2. The summed E-state index contributed by atoms with van der Waals surface area (Å²) in [6.45, 7) is 13.4. The topological polar surface area (TPSA) is 41.6 Å². The van der Waals surface area contributed by atoms with Gasteiger partial charge in [-0.1, -0.05) is 20.3 Å².